The number of halogens is 2. The molecule has 3 aromatic rings. The van der Waals surface area contributed by atoms with E-state index in [0.717, 1.165) is 22.8 Å². The highest BCUT2D eigenvalue weighted by molar-refractivity contribution is 6.13. The molecule has 25 heavy (non-hydrogen) atoms. The summed E-state index contributed by atoms with van der Waals surface area (Å²) in [4.78, 5) is 19.1. The van der Waals surface area contributed by atoms with Gasteiger partial charge in [-0.1, -0.05) is 30.3 Å². The number of likely N-dealkylation sites (N-methyl/N-ethyl adjacent to an activating group) is 1. The fourth-order valence-corrected chi connectivity index (χ4v) is 2.62. The SMILES string of the molecule is CN(C)CCNC(=O)c1cccc2c(N)c3ccccc3nc12.Cl.Cl. The Balaban J connectivity index is 0.00000156. The number of pyridine rings is 1. The van der Waals surface area contributed by atoms with E-state index in [0.29, 0.717) is 23.3 Å². The molecule has 0 spiro atoms. The van der Waals surface area contributed by atoms with E-state index in [1.165, 1.54) is 0 Å². The topological polar surface area (TPSA) is 71.2 Å². The molecular weight excluding hydrogens is 359 g/mol. The molecule has 1 heterocycles. The maximum atomic E-state index is 12.5. The molecule has 0 aliphatic rings. The lowest BCUT2D eigenvalue weighted by Crippen LogP contribution is -2.31. The van der Waals surface area contributed by atoms with Gasteiger partial charge in [-0.15, -0.1) is 24.8 Å². The van der Waals surface area contributed by atoms with Crippen molar-refractivity contribution in [2.45, 2.75) is 0 Å². The predicted octanol–water partition coefficient (Wildman–Crippen LogP) is 3.11. The molecule has 3 N–H and O–H groups in total. The Morgan fingerprint density at radius 2 is 1.76 bits per heavy atom. The van der Waals surface area contributed by atoms with Gasteiger partial charge in [-0.05, 0) is 26.2 Å². The van der Waals surface area contributed by atoms with Gasteiger partial charge in [0, 0.05) is 23.9 Å². The van der Waals surface area contributed by atoms with E-state index in [4.69, 9.17) is 5.73 Å². The summed E-state index contributed by atoms with van der Waals surface area (Å²) in [6.45, 7) is 1.38. The number of rotatable bonds is 4. The molecule has 0 fully saturated rings. The Morgan fingerprint density at radius 3 is 2.48 bits per heavy atom. The number of aromatic nitrogens is 1. The summed E-state index contributed by atoms with van der Waals surface area (Å²) in [7, 11) is 3.94. The third kappa shape index (κ3) is 4.31. The minimum absolute atomic E-state index is 0. The predicted molar refractivity (Wildman–Crippen MR) is 109 cm³/mol. The summed E-state index contributed by atoms with van der Waals surface area (Å²) in [6, 6.07) is 13.2. The fourth-order valence-electron chi connectivity index (χ4n) is 2.62. The van der Waals surface area contributed by atoms with Gasteiger partial charge in [0.15, 0.2) is 0 Å². The number of benzene rings is 2. The lowest BCUT2D eigenvalue weighted by atomic mass is 10.0. The van der Waals surface area contributed by atoms with Crippen molar-refractivity contribution in [3.63, 3.8) is 0 Å². The number of hydrogen-bond donors (Lipinski definition) is 2. The highest BCUT2D eigenvalue weighted by Gasteiger charge is 2.14. The Hall–Kier alpha value is -2.08. The number of nitrogens with one attached hydrogen (secondary N) is 1. The zero-order valence-corrected chi connectivity index (χ0v) is 15.8. The van der Waals surface area contributed by atoms with Crippen molar-refractivity contribution in [3.8, 4) is 0 Å². The molecule has 0 aliphatic heterocycles. The monoisotopic (exact) mass is 380 g/mol. The molecule has 7 heteroatoms. The van der Waals surface area contributed by atoms with Crippen LogP contribution in [0, 0.1) is 0 Å². The van der Waals surface area contributed by atoms with Crippen LogP contribution in [0.3, 0.4) is 0 Å². The summed E-state index contributed by atoms with van der Waals surface area (Å²) < 4.78 is 0. The molecule has 0 aliphatic carbocycles. The van der Waals surface area contributed by atoms with E-state index in [2.05, 4.69) is 10.3 Å². The van der Waals surface area contributed by atoms with Gasteiger partial charge in [0.1, 0.15) is 0 Å². The van der Waals surface area contributed by atoms with Crippen LogP contribution in [0.15, 0.2) is 42.5 Å². The van der Waals surface area contributed by atoms with Crippen molar-refractivity contribution in [3.05, 3.63) is 48.0 Å². The summed E-state index contributed by atoms with van der Waals surface area (Å²) in [5.41, 5.74) is 8.94. The molecule has 0 radical (unpaired) electrons. The van der Waals surface area contributed by atoms with Gasteiger partial charge in [0.05, 0.1) is 22.3 Å². The van der Waals surface area contributed by atoms with Crippen LogP contribution in [0.2, 0.25) is 0 Å². The molecule has 1 amide bonds. The smallest absolute Gasteiger partial charge is 0.253 e. The number of nitrogens with zero attached hydrogens (tertiary/aromatic N) is 2. The van der Waals surface area contributed by atoms with Crippen LogP contribution in [0.4, 0.5) is 5.69 Å². The number of carbonyl (C=O) groups excluding carboxylic acids is 1. The van der Waals surface area contributed by atoms with Crippen molar-refractivity contribution in [1.82, 2.24) is 15.2 Å². The Bertz CT molecular complexity index is 883. The number of para-hydroxylation sites is 2. The molecule has 0 saturated heterocycles. The number of hydrogen-bond acceptors (Lipinski definition) is 4. The first-order chi connectivity index (χ1) is 11.1. The summed E-state index contributed by atoms with van der Waals surface area (Å²) in [5.74, 6) is -0.125. The number of amides is 1. The number of anilines is 1. The van der Waals surface area contributed by atoms with Crippen LogP contribution in [0.5, 0.6) is 0 Å². The van der Waals surface area contributed by atoms with Crippen molar-refractivity contribution >= 4 is 58.2 Å². The van der Waals surface area contributed by atoms with Gasteiger partial charge in [0.2, 0.25) is 0 Å². The second kappa shape index (κ2) is 8.85. The molecule has 0 atom stereocenters. The summed E-state index contributed by atoms with van der Waals surface area (Å²) in [5, 5.41) is 4.65. The van der Waals surface area contributed by atoms with Gasteiger partial charge in [-0.2, -0.15) is 0 Å². The Morgan fingerprint density at radius 1 is 1.08 bits per heavy atom. The molecule has 5 nitrogen and oxygen atoms in total. The number of nitrogen functional groups attached to an aromatic ring is 1. The van der Waals surface area contributed by atoms with E-state index in [1.54, 1.807) is 6.07 Å². The largest absolute Gasteiger partial charge is 0.398 e. The molecule has 134 valence electrons. The van der Waals surface area contributed by atoms with Gasteiger partial charge in [-0.25, -0.2) is 4.98 Å². The van der Waals surface area contributed by atoms with Crippen molar-refractivity contribution in [2.75, 3.05) is 32.9 Å². The third-order valence-corrected chi connectivity index (χ3v) is 3.84. The van der Waals surface area contributed by atoms with Gasteiger partial charge >= 0.3 is 0 Å². The molecule has 1 aromatic heterocycles. The second-order valence-electron chi connectivity index (χ2n) is 5.80. The average molecular weight is 381 g/mol. The first kappa shape index (κ1) is 21.0. The maximum absolute atomic E-state index is 12.5. The quantitative estimate of drug-likeness (QED) is 0.682. The minimum atomic E-state index is -0.125. The van der Waals surface area contributed by atoms with Crippen molar-refractivity contribution in [2.24, 2.45) is 0 Å². The van der Waals surface area contributed by atoms with Crippen LogP contribution in [0.1, 0.15) is 10.4 Å². The molecule has 0 saturated carbocycles. The molecular formula is C18H22Cl2N4O. The normalized spacial score (nSPS) is 10.4. The highest BCUT2D eigenvalue weighted by Crippen LogP contribution is 2.29. The van der Waals surface area contributed by atoms with E-state index in [1.807, 2.05) is 55.4 Å². The first-order valence-electron chi connectivity index (χ1n) is 7.58. The third-order valence-electron chi connectivity index (χ3n) is 3.84. The van der Waals surface area contributed by atoms with Crippen LogP contribution >= 0.6 is 24.8 Å². The second-order valence-corrected chi connectivity index (χ2v) is 5.80. The van der Waals surface area contributed by atoms with Gasteiger partial charge in [0.25, 0.3) is 5.91 Å². The molecule has 0 bridgehead atoms. The highest BCUT2D eigenvalue weighted by atomic mass is 35.5. The standard InChI is InChI=1S/C18H20N4O.2ClH/c1-22(2)11-10-20-18(23)14-8-5-7-13-16(19)12-6-3-4-9-15(12)21-17(13)14;;/h3-9H,10-11H2,1-2H3,(H2,19,21)(H,20,23);2*1H. The van der Waals surface area contributed by atoms with Crippen molar-refractivity contribution < 1.29 is 4.79 Å². The van der Waals surface area contributed by atoms with Crippen LogP contribution < -0.4 is 11.1 Å². The molecule has 3 rings (SSSR count). The van der Waals surface area contributed by atoms with Crippen LogP contribution in [-0.2, 0) is 0 Å². The van der Waals surface area contributed by atoms with E-state index in [-0.39, 0.29) is 30.7 Å². The van der Waals surface area contributed by atoms with Gasteiger partial charge in [-0.3, -0.25) is 4.79 Å². The number of carbonyl (C=O) groups is 1. The summed E-state index contributed by atoms with van der Waals surface area (Å²) >= 11 is 0. The zero-order valence-electron chi connectivity index (χ0n) is 14.2. The van der Waals surface area contributed by atoms with Gasteiger partial charge < -0.3 is 16.0 Å². The van der Waals surface area contributed by atoms with Crippen LogP contribution in [-0.4, -0.2) is 43.0 Å². The zero-order chi connectivity index (χ0) is 16.4. The van der Waals surface area contributed by atoms with E-state index < -0.39 is 0 Å². The lowest BCUT2D eigenvalue weighted by Gasteiger charge is -2.12. The lowest BCUT2D eigenvalue weighted by molar-refractivity contribution is 0.0952. The first-order valence-corrected chi connectivity index (χ1v) is 7.58. The Labute approximate surface area is 159 Å². The van der Waals surface area contributed by atoms with Crippen LogP contribution in [0.25, 0.3) is 21.8 Å². The fraction of sp³-hybridized carbons (Fsp3) is 0.222. The van der Waals surface area contributed by atoms with Crippen molar-refractivity contribution in [1.29, 1.82) is 0 Å². The van der Waals surface area contributed by atoms with E-state index in [9.17, 15) is 4.79 Å². The average Bonchev–Trinajstić information content (AvgIpc) is 2.54. The molecule has 0 unspecified atom stereocenters. The molecule has 2 aromatic carbocycles. The number of nitrogens with two attached hydrogens (primary N) is 1. The Kier molecular flexibility index (Phi) is 7.42. The summed E-state index contributed by atoms with van der Waals surface area (Å²) in [6.07, 6.45) is 0. The maximum Gasteiger partial charge on any atom is 0.253 e. The minimum Gasteiger partial charge on any atom is -0.398 e. The van der Waals surface area contributed by atoms with E-state index >= 15 is 0 Å². The number of fused-ring (bicyclic) bond motifs is 2.